The molecule has 4 aromatic rings. The molecule has 5 heterocycles. The van der Waals surface area contributed by atoms with Crippen molar-refractivity contribution in [1.82, 2.24) is 45.3 Å². The molecule has 1 fully saturated rings. The molecular formula is C65H83N11O18S. The number of amides is 9. The van der Waals surface area contributed by atoms with Crippen molar-refractivity contribution >= 4 is 86.1 Å². The highest BCUT2D eigenvalue weighted by atomic mass is 32.2. The van der Waals surface area contributed by atoms with E-state index < -0.39 is 94.2 Å². The van der Waals surface area contributed by atoms with Gasteiger partial charge in [-0.3, -0.25) is 43.3 Å². The molecule has 3 aliphatic heterocycles. The van der Waals surface area contributed by atoms with Gasteiger partial charge >= 0.3 is 18.2 Å². The number of hydrogen-bond acceptors (Lipinski definition) is 19. The number of nitrogens with zero attached hydrogens (tertiary/aromatic N) is 4. The first-order chi connectivity index (χ1) is 45.3. The number of para-hydroxylation sites is 1. The molecule has 0 unspecified atom stereocenters. The summed E-state index contributed by atoms with van der Waals surface area (Å²) in [6.07, 6.45) is 5.57. The number of aromatic nitrogens is 2. The molecule has 0 radical (unpaired) electrons. The van der Waals surface area contributed by atoms with Gasteiger partial charge in [0.05, 0.1) is 48.5 Å². The number of pyridine rings is 2. The first-order valence-corrected chi connectivity index (χ1v) is 33.6. The van der Waals surface area contributed by atoms with Gasteiger partial charge in [0.2, 0.25) is 45.2 Å². The number of rotatable bonds is 32. The van der Waals surface area contributed by atoms with Gasteiger partial charge < -0.3 is 65.9 Å². The zero-order chi connectivity index (χ0) is 68.7. The molecule has 95 heavy (non-hydrogen) atoms. The van der Waals surface area contributed by atoms with Crippen LogP contribution in [0.15, 0.2) is 71.5 Å². The number of fused-ring (bicyclic) bond motifs is 5. The minimum Gasteiger partial charge on any atom is -0.457 e. The summed E-state index contributed by atoms with van der Waals surface area (Å²) >= 11 is 0. The first-order valence-electron chi connectivity index (χ1n) is 31.7. The van der Waals surface area contributed by atoms with Crippen molar-refractivity contribution in [3.05, 3.63) is 105 Å². The second kappa shape index (κ2) is 32.3. The van der Waals surface area contributed by atoms with Crippen molar-refractivity contribution in [2.24, 2.45) is 23.5 Å². The highest BCUT2D eigenvalue weighted by molar-refractivity contribution is 7.88. The molecule has 8 N–H and O–H groups in total. The molecule has 8 rings (SSSR count). The van der Waals surface area contributed by atoms with Gasteiger partial charge in [-0.2, -0.15) is 4.31 Å². The van der Waals surface area contributed by atoms with Crippen LogP contribution in [0.3, 0.4) is 0 Å². The molecule has 2 aromatic heterocycles. The van der Waals surface area contributed by atoms with E-state index in [9.17, 15) is 61.2 Å². The molecule has 2 aromatic carbocycles. The SMILES string of the molecule is CC[C@@]1(OC(=O)OCc2ccc(NC(=O)[C@H](CCCNC(N)=O)NC(=O)[C@@H](NC(=O)COCC(=O)NCCOCCNC(=O)C3CCC(CN4C(=O)C=CC4=O)CC3)C(C)C)cc2)C(=O)OCc2c1cc1n(c2=O)Cc2c-1nc1ccccc1c2CCN(C(C)C)S(C)(=O)=O. The highest BCUT2D eigenvalue weighted by Crippen LogP contribution is 2.43. The quantitative estimate of drug-likeness (QED) is 0.0185. The lowest BCUT2D eigenvalue weighted by Gasteiger charge is -2.35. The van der Waals surface area contributed by atoms with Crippen LogP contribution >= 0.6 is 0 Å². The maximum atomic E-state index is 14.4. The Bertz CT molecular complexity index is 3760. The standard InChI is InChI=1S/C65H83N11O18S/c1-7-65(48-31-51-57-46(33-74(51)61(84)47(48)35-92-62(65)85)44(45-11-8-9-12-49(45)71-57)24-28-76(39(4)5)95(6,88)89)94-64(87)93-34-41-16-20-43(21-17-41)70-59(82)50(13-10-25-69-63(66)86)72-60(83)56(38(2)3)73-53(78)37-91-36-52(77)67-26-29-90-30-27-68-58(81)42-18-14-40(15-19-42)32-75-54(79)22-23-55(75)80/h8-9,11-12,16-17,20-23,31,38-40,42,50,56H,7,10,13-15,18-19,24-30,32-37H2,1-6H3,(H,67,77)(H,68,81)(H,70,82)(H,72,83)(H,73,78)(H3,66,69,86)/t40?,42?,50-,56-,65-/m0/s1. The number of hydrogen-bond donors (Lipinski definition) is 7. The summed E-state index contributed by atoms with van der Waals surface area (Å²) in [6.45, 7) is 8.13. The molecule has 1 saturated carbocycles. The number of urea groups is 1. The summed E-state index contributed by atoms with van der Waals surface area (Å²) in [4.78, 5) is 149. The van der Waals surface area contributed by atoms with Crippen molar-refractivity contribution in [3.63, 3.8) is 0 Å². The maximum absolute atomic E-state index is 14.4. The Morgan fingerprint density at radius 1 is 0.821 bits per heavy atom. The molecule has 0 bridgehead atoms. The minimum absolute atomic E-state index is 0.0187. The van der Waals surface area contributed by atoms with Crippen LogP contribution in [-0.4, -0.2) is 170 Å². The smallest absolute Gasteiger partial charge is 0.457 e. The number of ether oxygens (including phenoxy) is 5. The molecule has 0 spiro atoms. The third-order valence-electron chi connectivity index (χ3n) is 17.1. The third-order valence-corrected chi connectivity index (χ3v) is 18.6. The predicted molar refractivity (Wildman–Crippen MR) is 344 cm³/mol. The average molecular weight is 1340 g/mol. The number of primary amides is 1. The molecular weight excluding hydrogens is 1250 g/mol. The van der Waals surface area contributed by atoms with E-state index in [2.05, 4.69) is 31.9 Å². The number of imide groups is 1. The molecule has 9 amide bonds. The Hall–Kier alpha value is -9.13. The lowest BCUT2D eigenvalue weighted by molar-refractivity contribution is -0.175. The Morgan fingerprint density at radius 3 is 2.17 bits per heavy atom. The summed E-state index contributed by atoms with van der Waals surface area (Å²) < 4.78 is 56.2. The largest absolute Gasteiger partial charge is 0.510 e. The molecule has 0 saturated heterocycles. The van der Waals surface area contributed by atoms with Gasteiger partial charge in [0, 0.05) is 79.0 Å². The Morgan fingerprint density at radius 2 is 1.51 bits per heavy atom. The summed E-state index contributed by atoms with van der Waals surface area (Å²) in [7, 11) is -3.56. The summed E-state index contributed by atoms with van der Waals surface area (Å²) in [5, 5.41) is 16.7. The van der Waals surface area contributed by atoms with Gasteiger partial charge in [-0.1, -0.05) is 51.1 Å². The normalized spacial score (nSPS) is 17.9. The fourth-order valence-electron chi connectivity index (χ4n) is 12.1. The van der Waals surface area contributed by atoms with Gasteiger partial charge in [-0.15, -0.1) is 0 Å². The molecule has 512 valence electrons. The molecule has 1 aliphatic carbocycles. The average Bonchev–Trinajstić information content (AvgIpc) is 1.65. The van der Waals surface area contributed by atoms with Gasteiger partial charge in [0.15, 0.2) is 0 Å². The van der Waals surface area contributed by atoms with Crippen LogP contribution in [0, 0.1) is 17.8 Å². The molecule has 3 atom stereocenters. The van der Waals surface area contributed by atoms with Crippen molar-refractivity contribution in [2.45, 2.75) is 129 Å². The van der Waals surface area contributed by atoms with E-state index in [1.54, 1.807) is 52.8 Å². The van der Waals surface area contributed by atoms with Crippen molar-refractivity contribution in [1.29, 1.82) is 0 Å². The summed E-state index contributed by atoms with van der Waals surface area (Å²) in [6, 6.07) is 11.7. The van der Waals surface area contributed by atoms with E-state index in [-0.39, 0.29) is 131 Å². The van der Waals surface area contributed by atoms with Crippen LogP contribution < -0.4 is 43.2 Å². The van der Waals surface area contributed by atoms with Crippen LogP contribution in [0.4, 0.5) is 15.3 Å². The monoisotopic (exact) mass is 1340 g/mol. The van der Waals surface area contributed by atoms with Gasteiger partial charge in [0.1, 0.15) is 38.5 Å². The van der Waals surface area contributed by atoms with E-state index in [0.717, 1.165) is 30.0 Å². The number of carbonyl (C=O) groups excluding carboxylic acids is 10. The van der Waals surface area contributed by atoms with Crippen molar-refractivity contribution < 1.29 is 80.0 Å². The second-order valence-corrected chi connectivity index (χ2v) is 26.4. The van der Waals surface area contributed by atoms with Crippen LogP contribution in [0.25, 0.3) is 22.3 Å². The number of cyclic esters (lactones) is 1. The lowest BCUT2D eigenvalue weighted by atomic mass is 9.81. The highest BCUT2D eigenvalue weighted by Gasteiger charge is 2.51. The fourth-order valence-corrected chi connectivity index (χ4v) is 13.3. The number of nitrogens with two attached hydrogens (primary N) is 1. The number of sulfonamides is 1. The summed E-state index contributed by atoms with van der Waals surface area (Å²) in [5.74, 6) is -4.77. The Labute approximate surface area is 549 Å². The number of benzene rings is 2. The number of carbonyl (C=O) groups is 10. The predicted octanol–water partition coefficient (Wildman–Crippen LogP) is 2.66. The number of nitrogens with one attached hydrogen (secondary N) is 6. The van der Waals surface area contributed by atoms with E-state index in [1.165, 1.54) is 38.1 Å². The molecule has 30 heteroatoms. The van der Waals surface area contributed by atoms with Crippen LogP contribution in [0.5, 0.6) is 0 Å². The zero-order valence-corrected chi connectivity index (χ0v) is 54.9. The molecule has 29 nitrogen and oxygen atoms in total. The van der Waals surface area contributed by atoms with Crippen LogP contribution in [-0.2, 0) is 104 Å². The zero-order valence-electron chi connectivity index (χ0n) is 54.1. The topological polar surface area (TPSA) is 391 Å². The number of esters is 1. The third kappa shape index (κ3) is 18.2. The van der Waals surface area contributed by atoms with E-state index in [0.29, 0.717) is 53.8 Å². The van der Waals surface area contributed by atoms with Gasteiger partial charge in [-0.05, 0) is 112 Å². The van der Waals surface area contributed by atoms with Crippen LogP contribution in [0.2, 0.25) is 0 Å². The fraction of sp³-hybridized carbons (Fsp3) is 0.508. The van der Waals surface area contributed by atoms with Gasteiger partial charge in [0.25, 0.3) is 17.4 Å². The summed E-state index contributed by atoms with van der Waals surface area (Å²) in [5.41, 5.74) is 6.54. The Balaban J connectivity index is 0.795. The lowest BCUT2D eigenvalue weighted by Crippen LogP contribution is -2.55. The maximum Gasteiger partial charge on any atom is 0.510 e. The van der Waals surface area contributed by atoms with E-state index in [4.69, 9.17) is 34.4 Å². The van der Waals surface area contributed by atoms with Crippen molar-refractivity contribution in [3.8, 4) is 11.4 Å². The minimum atomic E-state index is -3.56. The first kappa shape index (κ1) is 71.7. The second-order valence-electron chi connectivity index (χ2n) is 24.4. The van der Waals surface area contributed by atoms with E-state index >= 15 is 0 Å². The Kier molecular flexibility index (Phi) is 24.4. The van der Waals surface area contributed by atoms with Crippen molar-refractivity contribution in [2.75, 3.05) is 70.7 Å². The number of anilines is 1. The van der Waals surface area contributed by atoms with E-state index in [1.807, 2.05) is 24.3 Å². The van der Waals surface area contributed by atoms with Crippen LogP contribution in [0.1, 0.15) is 107 Å². The molecule has 4 aliphatic rings. The van der Waals surface area contributed by atoms with Gasteiger partial charge in [-0.25, -0.2) is 27.8 Å².